The Kier molecular flexibility index (Phi) is 1.19. The largest absolute Gasteiger partial charge is 0.324 e. The molecule has 6 heavy (non-hydrogen) atoms. The maximum Gasteiger partial charge on any atom is 0.117 e. The van der Waals surface area contributed by atoms with E-state index >= 15 is 0 Å². The van der Waals surface area contributed by atoms with E-state index in [-0.39, 0.29) is 21.3 Å². The van der Waals surface area contributed by atoms with E-state index in [0.29, 0.717) is 0 Å². The summed E-state index contributed by atoms with van der Waals surface area (Å²) in [5.41, 5.74) is 1.14. The lowest BCUT2D eigenvalue weighted by Gasteiger charge is -1.70. The zero-order chi connectivity index (χ0) is 4.41. The topological polar surface area (TPSA) is 24.4 Å². The summed E-state index contributed by atoms with van der Waals surface area (Å²) in [4.78, 5) is 0. The Morgan fingerprint density at radius 2 is 2.83 bits per heavy atom. The number of nitrogens with one attached hydrogen (secondary N) is 1. The molecule has 0 atom stereocenters. The summed E-state index contributed by atoms with van der Waals surface area (Å²) in [7, 11) is 0. The second-order valence-electron chi connectivity index (χ2n) is 1.06. The fraction of sp³-hybridized carbons (Fsp3) is 0.333. The van der Waals surface area contributed by atoms with Crippen LogP contribution in [0.1, 0.15) is 6.92 Å². The zero-order valence-electron chi connectivity index (χ0n) is 3.40. The predicted octanol–water partition coefficient (Wildman–Crippen LogP) is 1.52. The average Bonchev–Trinajstić information content (AvgIpc) is 1.86. The molecule has 0 radical (unpaired) electrons. The highest BCUT2D eigenvalue weighted by molar-refractivity contribution is 14.1. The van der Waals surface area contributed by atoms with Crippen LogP contribution in [0.3, 0.4) is 0 Å². The third kappa shape index (κ3) is 0.767. The van der Waals surface area contributed by atoms with E-state index in [4.69, 9.17) is 0 Å². The molecular formula is C3H5IN2. The summed E-state index contributed by atoms with van der Waals surface area (Å²) in [6.45, 7) is 2.00. The molecule has 0 saturated carbocycles. The van der Waals surface area contributed by atoms with Gasteiger partial charge in [0.05, 0.1) is 5.70 Å². The maximum atomic E-state index is 4.10. The predicted molar refractivity (Wildman–Crippen MR) is 33.3 cm³/mol. The van der Waals surface area contributed by atoms with Gasteiger partial charge in [-0.15, -0.1) is 0 Å². The molecule has 0 unspecified atom stereocenters. The van der Waals surface area contributed by atoms with E-state index in [1.807, 2.05) is 13.1 Å². The molecule has 0 bridgehead atoms. The highest BCUT2D eigenvalue weighted by Gasteiger charge is 1.85. The van der Waals surface area contributed by atoms with Gasteiger partial charge in [0.25, 0.3) is 0 Å². The van der Waals surface area contributed by atoms with Gasteiger partial charge in [0.15, 0.2) is 0 Å². The summed E-state index contributed by atoms with van der Waals surface area (Å²) >= 11 is -0.0156. The van der Waals surface area contributed by atoms with E-state index in [9.17, 15) is 0 Å². The van der Waals surface area contributed by atoms with Gasteiger partial charge in [-0.05, 0) is 6.92 Å². The van der Waals surface area contributed by atoms with E-state index < -0.39 is 0 Å². The Hall–Kier alpha value is 0.0700. The zero-order valence-corrected chi connectivity index (χ0v) is 5.56. The second-order valence-corrected chi connectivity index (χ2v) is 2.65. The molecule has 0 aromatic heterocycles. The molecule has 34 valence electrons. The number of nitrogens with zero attached hydrogens (tertiary/aromatic N) is 1. The maximum absolute atomic E-state index is 4.10. The molecular weight excluding hydrogens is 191 g/mol. The Labute approximate surface area is 47.1 Å². The van der Waals surface area contributed by atoms with Gasteiger partial charge in [-0.2, -0.15) is 0 Å². The monoisotopic (exact) mass is 196 g/mol. The van der Waals surface area contributed by atoms with Crippen LogP contribution in [-0.2, 0) is 0 Å². The fourth-order valence-electron chi connectivity index (χ4n) is 0.219. The number of allylic oxidation sites excluding steroid dienone is 1. The first-order valence-electron chi connectivity index (χ1n) is 1.66. The Bertz CT molecular complexity index is 103. The third-order valence-electron chi connectivity index (χ3n) is 0.488. The summed E-state index contributed by atoms with van der Waals surface area (Å²) in [5.74, 6) is 0. The van der Waals surface area contributed by atoms with Crippen molar-refractivity contribution in [2.45, 2.75) is 6.92 Å². The molecule has 1 N–H and O–H groups in total. The molecule has 0 aromatic carbocycles. The second kappa shape index (κ2) is 1.68. The van der Waals surface area contributed by atoms with Crippen molar-refractivity contribution in [3.63, 3.8) is 0 Å². The van der Waals surface area contributed by atoms with Gasteiger partial charge in [0.1, 0.15) is 21.3 Å². The first-order valence-corrected chi connectivity index (χ1v) is 3.70. The van der Waals surface area contributed by atoms with Crippen molar-refractivity contribution in [1.82, 2.24) is 3.53 Å². The van der Waals surface area contributed by atoms with E-state index in [0.717, 1.165) is 5.70 Å². The van der Waals surface area contributed by atoms with Crippen molar-refractivity contribution in [3.05, 3.63) is 11.9 Å². The smallest absolute Gasteiger partial charge is 0.117 e. The van der Waals surface area contributed by atoms with Crippen LogP contribution < -0.4 is 3.53 Å². The highest BCUT2D eigenvalue weighted by atomic mass is 127. The lowest BCUT2D eigenvalue weighted by atomic mass is 10.6. The molecule has 0 fully saturated rings. The van der Waals surface area contributed by atoms with E-state index in [1.165, 1.54) is 0 Å². The van der Waals surface area contributed by atoms with Crippen molar-refractivity contribution in [2.24, 2.45) is 3.15 Å². The molecule has 0 spiro atoms. The summed E-state index contributed by atoms with van der Waals surface area (Å²) in [6.07, 6.45) is 1.95. The highest BCUT2D eigenvalue weighted by Crippen LogP contribution is 2.09. The quantitative estimate of drug-likeness (QED) is 0.461. The van der Waals surface area contributed by atoms with Crippen molar-refractivity contribution in [1.29, 1.82) is 0 Å². The van der Waals surface area contributed by atoms with Crippen LogP contribution in [0, 0.1) is 0 Å². The lowest BCUT2D eigenvalue weighted by Crippen LogP contribution is -1.75. The molecule has 2 nitrogen and oxygen atoms in total. The van der Waals surface area contributed by atoms with Crippen molar-refractivity contribution in [2.75, 3.05) is 0 Å². The van der Waals surface area contributed by atoms with Crippen molar-refractivity contribution < 1.29 is 0 Å². The first kappa shape index (κ1) is 4.23. The SMILES string of the molecule is CC1=CNI=N1. The van der Waals surface area contributed by atoms with E-state index in [2.05, 4.69) is 6.68 Å². The normalized spacial score (nSPS) is 18.5. The third-order valence-corrected chi connectivity index (χ3v) is 2.08. The van der Waals surface area contributed by atoms with Crippen molar-refractivity contribution >= 4 is 21.3 Å². The Morgan fingerprint density at radius 1 is 2.00 bits per heavy atom. The van der Waals surface area contributed by atoms with E-state index in [1.54, 1.807) is 0 Å². The van der Waals surface area contributed by atoms with Crippen LogP contribution in [-0.4, -0.2) is 0 Å². The molecule has 0 amide bonds. The van der Waals surface area contributed by atoms with Gasteiger partial charge in [-0.3, -0.25) is 0 Å². The standard InChI is InChI=1S/C3H5IN2/c1-3-2-5-4-6-3/h2H,1H3,(H,5,6). The van der Waals surface area contributed by atoms with Gasteiger partial charge in [0, 0.05) is 6.20 Å². The Morgan fingerprint density at radius 3 is 3.00 bits per heavy atom. The molecule has 3 heteroatoms. The lowest BCUT2D eigenvalue weighted by molar-refractivity contribution is 1.31. The van der Waals surface area contributed by atoms with Crippen LogP contribution in [0.15, 0.2) is 15.0 Å². The van der Waals surface area contributed by atoms with Crippen molar-refractivity contribution in [3.8, 4) is 0 Å². The fourth-order valence-corrected chi connectivity index (χ4v) is 1.47. The molecule has 1 rings (SSSR count). The number of rotatable bonds is 0. The van der Waals surface area contributed by atoms with Crippen LogP contribution in [0.2, 0.25) is 0 Å². The average molecular weight is 196 g/mol. The van der Waals surface area contributed by atoms with Crippen LogP contribution in [0.4, 0.5) is 0 Å². The first-order chi connectivity index (χ1) is 2.89. The summed E-state index contributed by atoms with van der Waals surface area (Å²) < 4.78 is 7.15. The molecule has 0 aromatic rings. The Balaban J connectivity index is 2.68. The van der Waals surface area contributed by atoms with Crippen LogP contribution in [0.25, 0.3) is 0 Å². The molecule has 1 heterocycles. The minimum Gasteiger partial charge on any atom is -0.324 e. The molecule has 0 saturated heterocycles. The molecule has 1 aliphatic heterocycles. The van der Waals surface area contributed by atoms with Gasteiger partial charge in [-0.1, -0.05) is 0 Å². The van der Waals surface area contributed by atoms with Crippen LogP contribution >= 0.6 is 21.3 Å². The summed E-state index contributed by atoms with van der Waals surface area (Å²) in [5, 5.41) is 0. The number of hydrogen-bond acceptors (Lipinski definition) is 2. The van der Waals surface area contributed by atoms with Gasteiger partial charge in [0.2, 0.25) is 0 Å². The minimum atomic E-state index is -0.0156. The molecule has 0 aliphatic carbocycles. The number of halogens is 1. The molecule has 1 aliphatic rings. The number of hydrogen-bond donors (Lipinski definition) is 1. The van der Waals surface area contributed by atoms with Gasteiger partial charge in [-0.25, -0.2) is 3.15 Å². The van der Waals surface area contributed by atoms with Crippen LogP contribution in [0.5, 0.6) is 0 Å². The summed E-state index contributed by atoms with van der Waals surface area (Å²) in [6, 6.07) is 0. The van der Waals surface area contributed by atoms with Gasteiger partial charge < -0.3 is 3.53 Å². The minimum absolute atomic E-state index is 0.0156. The van der Waals surface area contributed by atoms with Gasteiger partial charge >= 0.3 is 0 Å².